The molecule has 3 heteroatoms. The van der Waals surface area contributed by atoms with Crippen molar-refractivity contribution in [3.63, 3.8) is 0 Å². The maximum absolute atomic E-state index is 10.1. The van der Waals surface area contributed by atoms with E-state index in [0.29, 0.717) is 13.0 Å². The van der Waals surface area contributed by atoms with Crippen molar-refractivity contribution >= 4 is 0 Å². The zero-order valence-corrected chi connectivity index (χ0v) is 10.6. The van der Waals surface area contributed by atoms with Crippen LogP contribution >= 0.6 is 0 Å². The van der Waals surface area contributed by atoms with E-state index in [9.17, 15) is 10.2 Å². The number of nitrogens with one attached hydrogen (secondary N) is 1. The minimum Gasteiger partial charge on any atom is -0.508 e. The summed E-state index contributed by atoms with van der Waals surface area (Å²) in [4.78, 5) is 0. The molecule has 0 saturated heterocycles. The molecule has 0 saturated carbocycles. The van der Waals surface area contributed by atoms with Crippen molar-refractivity contribution in [3.05, 3.63) is 65.2 Å². The van der Waals surface area contributed by atoms with Crippen molar-refractivity contribution < 1.29 is 10.2 Å². The second-order valence-electron chi connectivity index (χ2n) is 5.00. The average Bonchev–Trinajstić information content (AvgIpc) is 2.72. The van der Waals surface area contributed by atoms with E-state index in [1.807, 2.05) is 24.3 Å². The van der Waals surface area contributed by atoms with Gasteiger partial charge in [-0.15, -0.1) is 0 Å². The lowest BCUT2D eigenvalue weighted by molar-refractivity contribution is 0.140. The summed E-state index contributed by atoms with van der Waals surface area (Å²) in [5.41, 5.74) is 3.40. The lowest BCUT2D eigenvalue weighted by atomic mass is 10.1. The summed E-state index contributed by atoms with van der Waals surface area (Å²) in [6.45, 7) is 0.629. The molecule has 1 aliphatic rings. The smallest absolute Gasteiger partial charge is 0.115 e. The van der Waals surface area contributed by atoms with Gasteiger partial charge in [0.15, 0.2) is 0 Å². The number of rotatable bonds is 3. The molecule has 2 aromatic rings. The normalized spacial score (nSPS) is 21.3. The van der Waals surface area contributed by atoms with Gasteiger partial charge < -0.3 is 15.5 Å². The molecule has 98 valence electrons. The molecule has 0 bridgehead atoms. The van der Waals surface area contributed by atoms with Crippen LogP contribution in [-0.2, 0) is 13.0 Å². The second kappa shape index (κ2) is 5.03. The average molecular weight is 255 g/mol. The molecule has 3 rings (SSSR count). The van der Waals surface area contributed by atoms with E-state index < -0.39 is 0 Å². The third kappa shape index (κ3) is 2.48. The van der Waals surface area contributed by atoms with Crippen molar-refractivity contribution in [2.75, 3.05) is 0 Å². The van der Waals surface area contributed by atoms with Gasteiger partial charge in [-0.05, 0) is 28.8 Å². The molecule has 0 radical (unpaired) electrons. The highest BCUT2D eigenvalue weighted by Crippen LogP contribution is 2.31. The quantitative estimate of drug-likeness (QED) is 0.787. The first-order valence-corrected chi connectivity index (χ1v) is 6.51. The van der Waals surface area contributed by atoms with Gasteiger partial charge in [-0.2, -0.15) is 0 Å². The molecule has 0 amide bonds. The van der Waals surface area contributed by atoms with E-state index in [1.165, 1.54) is 11.1 Å². The van der Waals surface area contributed by atoms with E-state index in [2.05, 4.69) is 17.4 Å². The van der Waals surface area contributed by atoms with Gasteiger partial charge in [0.2, 0.25) is 0 Å². The second-order valence-corrected chi connectivity index (χ2v) is 5.00. The Kier molecular flexibility index (Phi) is 3.23. The Balaban J connectivity index is 1.74. The van der Waals surface area contributed by atoms with Crippen molar-refractivity contribution in [2.45, 2.75) is 25.1 Å². The monoisotopic (exact) mass is 255 g/mol. The highest BCUT2D eigenvalue weighted by Gasteiger charge is 2.29. The minimum atomic E-state index is -0.380. The van der Waals surface area contributed by atoms with E-state index >= 15 is 0 Å². The van der Waals surface area contributed by atoms with Gasteiger partial charge in [0.05, 0.1) is 12.1 Å². The van der Waals surface area contributed by atoms with Crippen LogP contribution in [0.3, 0.4) is 0 Å². The van der Waals surface area contributed by atoms with Gasteiger partial charge in [0.1, 0.15) is 5.75 Å². The zero-order chi connectivity index (χ0) is 13.2. The Morgan fingerprint density at radius 2 is 1.95 bits per heavy atom. The Labute approximate surface area is 112 Å². The topological polar surface area (TPSA) is 52.5 Å². The number of hydrogen-bond acceptors (Lipinski definition) is 3. The molecular weight excluding hydrogens is 238 g/mol. The van der Waals surface area contributed by atoms with Crippen LogP contribution in [0.2, 0.25) is 0 Å². The van der Waals surface area contributed by atoms with Gasteiger partial charge in [-0.3, -0.25) is 0 Å². The van der Waals surface area contributed by atoms with Gasteiger partial charge in [0.25, 0.3) is 0 Å². The first-order valence-electron chi connectivity index (χ1n) is 6.51. The molecule has 19 heavy (non-hydrogen) atoms. The predicted molar refractivity (Wildman–Crippen MR) is 73.8 cm³/mol. The number of aromatic hydroxyl groups is 1. The summed E-state index contributed by atoms with van der Waals surface area (Å²) in [7, 11) is 0. The Morgan fingerprint density at radius 1 is 1.11 bits per heavy atom. The highest BCUT2D eigenvalue weighted by atomic mass is 16.3. The van der Waals surface area contributed by atoms with Crippen LogP contribution in [-0.4, -0.2) is 16.3 Å². The third-order valence-corrected chi connectivity index (χ3v) is 3.64. The lowest BCUT2D eigenvalue weighted by Gasteiger charge is -2.18. The summed E-state index contributed by atoms with van der Waals surface area (Å²) in [5.74, 6) is 0.270. The van der Waals surface area contributed by atoms with Crippen LogP contribution in [0, 0.1) is 0 Å². The third-order valence-electron chi connectivity index (χ3n) is 3.64. The van der Waals surface area contributed by atoms with Crippen LogP contribution in [0.5, 0.6) is 5.75 Å². The van der Waals surface area contributed by atoms with Gasteiger partial charge in [0, 0.05) is 13.0 Å². The number of phenolic OH excluding ortho intramolecular Hbond substituents is 1. The Morgan fingerprint density at radius 3 is 2.79 bits per heavy atom. The molecule has 0 aliphatic heterocycles. The number of benzene rings is 2. The number of aliphatic hydroxyl groups excluding tert-OH is 1. The number of hydrogen-bond donors (Lipinski definition) is 3. The largest absolute Gasteiger partial charge is 0.508 e. The highest BCUT2D eigenvalue weighted by molar-refractivity contribution is 5.36. The summed E-state index contributed by atoms with van der Waals surface area (Å²) >= 11 is 0. The summed E-state index contributed by atoms with van der Waals surface area (Å²) in [6, 6.07) is 15.3. The van der Waals surface area contributed by atoms with Crippen LogP contribution in [0.1, 0.15) is 22.7 Å². The zero-order valence-electron chi connectivity index (χ0n) is 10.6. The first kappa shape index (κ1) is 12.2. The Hall–Kier alpha value is -1.84. The van der Waals surface area contributed by atoms with Crippen LogP contribution in [0.25, 0.3) is 0 Å². The van der Waals surface area contributed by atoms with Crippen LogP contribution in [0.4, 0.5) is 0 Å². The minimum absolute atomic E-state index is 0.0291. The summed E-state index contributed by atoms with van der Waals surface area (Å²) in [5, 5.41) is 22.9. The SMILES string of the molecule is Oc1cccc(CN[C@@H]2c3ccccc3C[C@@H]2O)c1. The van der Waals surface area contributed by atoms with Gasteiger partial charge in [-0.25, -0.2) is 0 Å². The molecule has 0 aromatic heterocycles. The Bertz CT molecular complexity index is 582. The van der Waals surface area contributed by atoms with Crippen LogP contribution in [0.15, 0.2) is 48.5 Å². The molecule has 2 aromatic carbocycles. The molecule has 2 atom stereocenters. The molecule has 0 heterocycles. The molecule has 0 spiro atoms. The van der Waals surface area contributed by atoms with E-state index in [0.717, 1.165) is 5.56 Å². The fourth-order valence-electron chi connectivity index (χ4n) is 2.71. The van der Waals surface area contributed by atoms with Crippen molar-refractivity contribution in [3.8, 4) is 5.75 Å². The number of phenols is 1. The van der Waals surface area contributed by atoms with Gasteiger partial charge >= 0.3 is 0 Å². The van der Waals surface area contributed by atoms with Crippen LogP contribution < -0.4 is 5.32 Å². The van der Waals surface area contributed by atoms with Gasteiger partial charge in [-0.1, -0.05) is 36.4 Å². The van der Waals surface area contributed by atoms with E-state index in [1.54, 1.807) is 12.1 Å². The maximum Gasteiger partial charge on any atom is 0.115 e. The van der Waals surface area contributed by atoms with E-state index in [4.69, 9.17) is 0 Å². The van der Waals surface area contributed by atoms with Crippen molar-refractivity contribution in [1.82, 2.24) is 5.32 Å². The summed E-state index contributed by atoms with van der Waals surface area (Å²) < 4.78 is 0. The first-order chi connectivity index (χ1) is 9.24. The van der Waals surface area contributed by atoms with Crippen molar-refractivity contribution in [1.29, 1.82) is 0 Å². The summed E-state index contributed by atoms with van der Waals surface area (Å²) in [6.07, 6.45) is 0.322. The van der Waals surface area contributed by atoms with E-state index in [-0.39, 0.29) is 17.9 Å². The molecule has 0 unspecified atom stereocenters. The fourth-order valence-corrected chi connectivity index (χ4v) is 2.71. The number of fused-ring (bicyclic) bond motifs is 1. The maximum atomic E-state index is 10.1. The standard InChI is InChI=1S/C16H17NO2/c18-13-6-3-4-11(8-13)10-17-16-14-7-2-1-5-12(14)9-15(16)19/h1-8,15-19H,9-10H2/t15-,16+/m0/s1. The fraction of sp³-hybridized carbons (Fsp3) is 0.250. The molecule has 0 fully saturated rings. The molecule has 3 nitrogen and oxygen atoms in total. The molecule has 3 N–H and O–H groups in total. The predicted octanol–water partition coefficient (Wildman–Crippen LogP) is 2.14. The molecule has 1 aliphatic carbocycles. The van der Waals surface area contributed by atoms with Crippen molar-refractivity contribution in [2.24, 2.45) is 0 Å². The number of aliphatic hydroxyl groups is 1. The molecular formula is C16H17NO2. The lowest BCUT2D eigenvalue weighted by Crippen LogP contribution is -2.28.